The zero-order valence-electron chi connectivity index (χ0n) is 15.4. The largest absolute Gasteiger partial charge is 0.495 e. The van der Waals surface area contributed by atoms with Crippen molar-refractivity contribution >= 4 is 24.2 Å². The molecule has 0 saturated carbocycles. The Morgan fingerprint density at radius 1 is 0.960 bits per heavy atom. The molecule has 0 spiro atoms. The van der Waals surface area contributed by atoms with E-state index in [0.717, 1.165) is 27.4 Å². The van der Waals surface area contributed by atoms with Gasteiger partial charge in [0.1, 0.15) is 12.4 Å². The molecular weight excluding hydrogens is 334 g/mol. The molecule has 1 aliphatic rings. The molecule has 0 unspecified atom stereocenters. The van der Waals surface area contributed by atoms with Gasteiger partial charge in [-0.3, -0.25) is 0 Å². The van der Waals surface area contributed by atoms with Crippen molar-refractivity contribution in [3.63, 3.8) is 0 Å². The van der Waals surface area contributed by atoms with Crippen LogP contribution in [0.15, 0.2) is 42.5 Å². The molecule has 0 aliphatic carbocycles. The number of halogens is 1. The third kappa shape index (κ3) is 3.86. The number of benzene rings is 2. The first-order valence-electron chi connectivity index (χ1n) is 8.51. The number of aryl methyl sites for hydroxylation is 1. The Morgan fingerprint density at radius 2 is 1.56 bits per heavy atom. The quantitative estimate of drug-likeness (QED) is 0.752. The molecular formula is C20H24BClO3. The molecule has 1 heterocycles. The summed E-state index contributed by atoms with van der Waals surface area (Å²) in [5, 5.41) is 0.728. The third-order valence-electron chi connectivity index (χ3n) is 5.07. The second kappa shape index (κ2) is 6.67. The van der Waals surface area contributed by atoms with E-state index < -0.39 is 0 Å². The molecule has 2 aromatic rings. The summed E-state index contributed by atoms with van der Waals surface area (Å²) in [6.07, 6.45) is 0. The maximum absolute atomic E-state index is 6.14. The minimum absolute atomic E-state index is 0.339. The van der Waals surface area contributed by atoms with Gasteiger partial charge in [-0.2, -0.15) is 0 Å². The highest BCUT2D eigenvalue weighted by atomic mass is 35.5. The first-order chi connectivity index (χ1) is 11.7. The van der Waals surface area contributed by atoms with Gasteiger partial charge < -0.3 is 14.0 Å². The SMILES string of the molecule is Cc1cc(OCc2ccc(Cl)cc2)ccc1B1OC(C)(C)C(C)(C)O1. The fourth-order valence-corrected chi connectivity index (χ4v) is 2.85. The van der Waals surface area contributed by atoms with Crippen LogP contribution in [0.25, 0.3) is 0 Å². The summed E-state index contributed by atoms with van der Waals surface area (Å²) in [5.41, 5.74) is 2.53. The molecule has 0 N–H and O–H groups in total. The van der Waals surface area contributed by atoms with Crippen molar-refractivity contribution in [3.8, 4) is 5.75 Å². The number of hydrogen-bond acceptors (Lipinski definition) is 3. The van der Waals surface area contributed by atoms with Crippen LogP contribution in [0, 0.1) is 6.92 Å². The van der Waals surface area contributed by atoms with Crippen LogP contribution in [0.1, 0.15) is 38.8 Å². The summed E-state index contributed by atoms with van der Waals surface area (Å²) in [4.78, 5) is 0. The van der Waals surface area contributed by atoms with Crippen LogP contribution < -0.4 is 10.2 Å². The van der Waals surface area contributed by atoms with E-state index in [4.69, 9.17) is 25.6 Å². The molecule has 0 bridgehead atoms. The van der Waals surface area contributed by atoms with Gasteiger partial charge in [0, 0.05) is 5.02 Å². The van der Waals surface area contributed by atoms with Gasteiger partial charge in [-0.05, 0) is 75.5 Å². The molecule has 1 aliphatic heterocycles. The van der Waals surface area contributed by atoms with Crippen LogP contribution in [0.5, 0.6) is 5.75 Å². The molecule has 1 fully saturated rings. The fourth-order valence-electron chi connectivity index (χ4n) is 2.72. The molecule has 0 aromatic heterocycles. The van der Waals surface area contributed by atoms with E-state index in [-0.39, 0.29) is 18.3 Å². The van der Waals surface area contributed by atoms with Crippen LogP contribution in [-0.4, -0.2) is 18.3 Å². The van der Waals surface area contributed by atoms with Crippen molar-refractivity contribution in [3.05, 3.63) is 58.6 Å². The minimum Gasteiger partial charge on any atom is -0.489 e. The van der Waals surface area contributed by atoms with Crippen molar-refractivity contribution in [1.82, 2.24) is 0 Å². The van der Waals surface area contributed by atoms with E-state index in [1.807, 2.05) is 42.5 Å². The standard InChI is InChI=1S/C20H24BClO3/c1-14-12-17(23-13-15-6-8-16(22)9-7-15)10-11-18(14)21-24-19(2,3)20(4,5)25-21/h6-12H,13H2,1-5H3. The molecule has 1 saturated heterocycles. The molecule has 2 aromatic carbocycles. The Bertz CT molecular complexity index is 740. The molecule has 0 amide bonds. The zero-order chi connectivity index (χ0) is 18.2. The Hall–Kier alpha value is -1.49. The van der Waals surface area contributed by atoms with Crippen molar-refractivity contribution in [1.29, 1.82) is 0 Å². The molecule has 132 valence electrons. The van der Waals surface area contributed by atoms with Gasteiger partial charge >= 0.3 is 7.12 Å². The number of rotatable bonds is 4. The number of hydrogen-bond donors (Lipinski definition) is 0. The number of ether oxygens (including phenoxy) is 1. The Kier molecular flexibility index (Phi) is 4.89. The van der Waals surface area contributed by atoms with Gasteiger partial charge in [0.05, 0.1) is 11.2 Å². The van der Waals surface area contributed by atoms with E-state index in [1.54, 1.807) is 0 Å². The van der Waals surface area contributed by atoms with Crippen molar-refractivity contribution in [2.75, 3.05) is 0 Å². The van der Waals surface area contributed by atoms with E-state index in [2.05, 4.69) is 34.6 Å². The summed E-state index contributed by atoms with van der Waals surface area (Å²) < 4.78 is 18.2. The molecule has 25 heavy (non-hydrogen) atoms. The Balaban J connectivity index is 1.70. The zero-order valence-corrected chi connectivity index (χ0v) is 16.2. The van der Waals surface area contributed by atoms with Crippen LogP contribution in [0.3, 0.4) is 0 Å². The Labute approximate surface area is 155 Å². The monoisotopic (exact) mass is 358 g/mol. The summed E-state index contributed by atoms with van der Waals surface area (Å²) in [7, 11) is -0.352. The van der Waals surface area contributed by atoms with Crippen LogP contribution in [0.4, 0.5) is 0 Å². The van der Waals surface area contributed by atoms with Gasteiger partial charge in [0.25, 0.3) is 0 Å². The van der Waals surface area contributed by atoms with E-state index in [1.165, 1.54) is 0 Å². The lowest BCUT2D eigenvalue weighted by Gasteiger charge is -2.32. The highest BCUT2D eigenvalue weighted by molar-refractivity contribution is 6.62. The smallest absolute Gasteiger partial charge is 0.489 e. The van der Waals surface area contributed by atoms with Crippen molar-refractivity contribution in [2.45, 2.75) is 52.4 Å². The maximum atomic E-state index is 6.14. The Morgan fingerprint density at radius 3 is 2.12 bits per heavy atom. The summed E-state index contributed by atoms with van der Waals surface area (Å²) in [5.74, 6) is 0.827. The van der Waals surface area contributed by atoms with Gasteiger partial charge in [0.15, 0.2) is 0 Å². The van der Waals surface area contributed by atoms with E-state index in [0.29, 0.717) is 6.61 Å². The maximum Gasteiger partial charge on any atom is 0.495 e. The highest BCUT2D eigenvalue weighted by Gasteiger charge is 2.52. The summed E-state index contributed by atoms with van der Waals surface area (Å²) in [6, 6.07) is 13.7. The first kappa shape index (κ1) is 18.3. The molecule has 3 nitrogen and oxygen atoms in total. The predicted molar refractivity (Wildman–Crippen MR) is 103 cm³/mol. The summed E-state index contributed by atoms with van der Waals surface area (Å²) >= 11 is 5.90. The average molecular weight is 359 g/mol. The lowest BCUT2D eigenvalue weighted by atomic mass is 9.76. The third-order valence-corrected chi connectivity index (χ3v) is 5.32. The van der Waals surface area contributed by atoms with Crippen LogP contribution >= 0.6 is 11.6 Å². The second-order valence-corrected chi connectivity index (χ2v) is 7.96. The molecule has 0 radical (unpaired) electrons. The van der Waals surface area contributed by atoms with Crippen LogP contribution in [-0.2, 0) is 15.9 Å². The van der Waals surface area contributed by atoms with Crippen molar-refractivity contribution < 1.29 is 14.0 Å². The molecule has 5 heteroatoms. The van der Waals surface area contributed by atoms with E-state index >= 15 is 0 Å². The highest BCUT2D eigenvalue weighted by Crippen LogP contribution is 2.36. The topological polar surface area (TPSA) is 27.7 Å². The minimum atomic E-state index is -0.352. The average Bonchev–Trinajstić information content (AvgIpc) is 2.74. The molecule has 0 atom stereocenters. The summed E-state index contributed by atoms with van der Waals surface area (Å²) in [6.45, 7) is 10.8. The fraction of sp³-hybridized carbons (Fsp3) is 0.400. The van der Waals surface area contributed by atoms with E-state index in [9.17, 15) is 0 Å². The lowest BCUT2D eigenvalue weighted by molar-refractivity contribution is 0.00578. The second-order valence-electron chi connectivity index (χ2n) is 7.52. The molecule has 3 rings (SSSR count). The van der Waals surface area contributed by atoms with Gasteiger partial charge in [0.2, 0.25) is 0 Å². The predicted octanol–water partition coefficient (Wildman–Crippen LogP) is 4.53. The lowest BCUT2D eigenvalue weighted by Crippen LogP contribution is -2.41. The van der Waals surface area contributed by atoms with Crippen LogP contribution in [0.2, 0.25) is 5.02 Å². The van der Waals surface area contributed by atoms with Crippen molar-refractivity contribution in [2.24, 2.45) is 0 Å². The van der Waals surface area contributed by atoms with Gasteiger partial charge in [-0.15, -0.1) is 0 Å². The van der Waals surface area contributed by atoms with Gasteiger partial charge in [-0.1, -0.05) is 29.8 Å². The first-order valence-corrected chi connectivity index (χ1v) is 8.89. The normalized spacial score (nSPS) is 18.4. The van der Waals surface area contributed by atoms with Gasteiger partial charge in [-0.25, -0.2) is 0 Å².